The fourth-order valence-electron chi connectivity index (χ4n) is 2.32. The molecule has 2 rings (SSSR count). The maximum Gasteiger partial charge on any atom is 0.0995 e. The van der Waals surface area contributed by atoms with E-state index in [-0.39, 0.29) is 11.5 Å². The van der Waals surface area contributed by atoms with E-state index in [2.05, 4.69) is 87.6 Å². The molecule has 21 heavy (non-hydrogen) atoms. The van der Waals surface area contributed by atoms with Gasteiger partial charge in [-0.15, -0.1) is 0 Å². The summed E-state index contributed by atoms with van der Waals surface area (Å²) in [7, 11) is 0. The standard InChI is InChI=1S/C20H25N/c1-4-20(3,5-2)16-21-19(17-12-8-6-9-13-17)18-14-10-7-11-15-18/h6-16,19H,4-5H2,1-3H3/b21-16+. The zero-order valence-electron chi connectivity index (χ0n) is 13.3. The molecule has 0 N–H and O–H groups in total. The van der Waals surface area contributed by atoms with Crippen molar-refractivity contribution in [2.24, 2.45) is 10.4 Å². The van der Waals surface area contributed by atoms with Crippen molar-refractivity contribution in [2.75, 3.05) is 0 Å². The van der Waals surface area contributed by atoms with Crippen LogP contribution in [0.2, 0.25) is 0 Å². The highest BCUT2D eigenvalue weighted by Crippen LogP contribution is 2.29. The second-order valence-electron chi connectivity index (χ2n) is 5.86. The lowest BCUT2D eigenvalue weighted by Gasteiger charge is -2.22. The van der Waals surface area contributed by atoms with Gasteiger partial charge >= 0.3 is 0 Å². The molecule has 0 bridgehead atoms. The molecule has 2 aromatic carbocycles. The monoisotopic (exact) mass is 279 g/mol. The average Bonchev–Trinajstić information content (AvgIpc) is 2.57. The summed E-state index contributed by atoms with van der Waals surface area (Å²) in [5.74, 6) is 0. The van der Waals surface area contributed by atoms with Crippen LogP contribution in [0.15, 0.2) is 65.7 Å². The summed E-state index contributed by atoms with van der Waals surface area (Å²) in [6.07, 6.45) is 4.39. The molecule has 0 aliphatic rings. The molecule has 110 valence electrons. The third kappa shape index (κ3) is 4.04. The van der Waals surface area contributed by atoms with Crippen molar-refractivity contribution < 1.29 is 0 Å². The molecule has 0 fully saturated rings. The van der Waals surface area contributed by atoms with Crippen molar-refractivity contribution in [2.45, 2.75) is 39.7 Å². The Balaban J connectivity index is 2.36. The number of aliphatic imine (C=N–C) groups is 1. The Morgan fingerprint density at radius 3 is 1.67 bits per heavy atom. The van der Waals surface area contributed by atoms with Gasteiger partial charge in [-0.3, -0.25) is 4.99 Å². The Bertz CT molecular complexity index is 513. The van der Waals surface area contributed by atoms with Crippen LogP contribution < -0.4 is 0 Å². The smallest absolute Gasteiger partial charge is 0.0995 e. The second-order valence-corrected chi connectivity index (χ2v) is 5.86. The van der Waals surface area contributed by atoms with E-state index in [1.54, 1.807) is 0 Å². The molecular weight excluding hydrogens is 254 g/mol. The van der Waals surface area contributed by atoms with Crippen LogP contribution in [0.4, 0.5) is 0 Å². The van der Waals surface area contributed by atoms with Crippen molar-refractivity contribution in [1.29, 1.82) is 0 Å². The van der Waals surface area contributed by atoms with Crippen LogP contribution in [-0.4, -0.2) is 6.21 Å². The van der Waals surface area contributed by atoms with Crippen LogP contribution in [0.1, 0.15) is 50.8 Å². The summed E-state index contributed by atoms with van der Waals surface area (Å²) in [5, 5.41) is 0. The zero-order chi connectivity index (χ0) is 15.1. The lowest BCUT2D eigenvalue weighted by atomic mass is 9.86. The molecule has 0 radical (unpaired) electrons. The molecule has 0 aliphatic carbocycles. The first-order valence-corrected chi connectivity index (χ1v) is 7.83. The van der Waals surface area contributed by atoms with E-state index in [0.29, 0.717) is 0 Å². The number of hydrogen-bond acceptors (Lipinski definition) is 1. The first-order chi connectivity index (χ1) is 10.2. The van der Waals surface area contributed by atoms with Crippen LogP contribution >= 0.6 is 0 Å². The van der Waals surface area contributed by atoms with Gasteiger partial charge in [0.05, 0.1) is 6.04 Å². The maximum atomic E-state index is 4.95. The Hall–Kier alpha value is -1.89. The van der Waals surface area contributed by atoms with Crippen molar-refractivity contribution in [3.05, 3.63) is 71.8 Å². The van der Waals surface area contributed by atoms with Gasteiger partial charge in [0, 0.05) is 11.6 Å². The van der Waals surface area contributed by atoms with Crippen LogP contribution in [0.3, 0.4) is 0 Å². The molecule has 0 atom stereocenters. The molecule has 0 aromatic heterocycles. The van der Waals surface area contributed by atoms with Gasteiger partial charge in [0.25, 0.3) is 0 Å². The predicted molar refractivity (Wildman–Crippen MR) is 91.9 cm³/mol. The van der Waals surface area contributed by atoms with E-state index in [0.717, 1.165) is 12.8 Å². The van der Waals surface area contributed by atoms with Gasteiger partial charge in [0.1, 0.15) is 0 Å². The highest BCUT2D eigenvalue weighted by molar-refractivity contribution is 5.66. The zero-order valence-corrected chi connectivity index (χ0v) is 13.3. The summed E-state index contributed by atoms with van der Waals surface area (Å²) < 4.78 is 0. The average molecular weight is 279 g/mol. The quantitative estimate of drug-likeness (QED) is 0.604. The minimum absolute atomic E-state index is 0.0878. The molecule has 0 saturated carbocycles. The molecule has 0 spiro atoms. The number of benzene rings is 2. The molecule has 1 heteroatoms. The van der Waals surface area contributed by atoms with E-state index < -0.39 is 0 Å². The number of rotatable bonds is 6. The molecular formula is C20H25N. The molecule has 0 saturated heterocycles. The topological polar surface area (TPSA) is 12.4 Å². The van der Waals surface area contributed by atoms with Crippen LogP contribution in [-0.2, 0) is 0 Å². The van der Waals surface area contributed by atoms with Crippen molar-refractivity contribution in [1.82, 2.24) is 0 Å². The van der Waals surface area contributed by atoms with Gasteiger partial charge < -0.3 is 0 Å². The lowest BCUT2D eigenvalue weighted by molar-refractivity contribution is 0.442. The first kappa shape index (κ1) is 15.5. The Labute approximate surface area is 128 Å². The second kappa shape index (κ2) is 7.21. The molecule has 0 aliphatic heterocycles. The van der Waals surface area contributed by atoms with E-state index in [1.807, 2.05) is 0 Å². The van der Waals surface area contributed by atoms with Crippen LogP contribution in [0.5, 0.6) is 0 Å². The largest absolute Gasteiger partial charge is 0.284 e. The maximum absolute atomic E-state index is 4.95. The summed E-state index contributed by atoms with van der Waals surface area (Å²) in [5.41, 5.74) is 2.67. The van der Waals surface area contributed by atoms with Gasteiger partial charge in [-0.05, 0) is 24.0 Å². The first-order valence-electron chi connectivity index (χ1n) is 7.83. The lowest BCUT2D eigenvalue weighted by Crippen LogP contribution is -2.16. The molecule has 2 aromatic rings. The molecule has 0 amide bonds. The van der Waals surface area contributed by atoms with Gasteiger partial charge in [0.15, 0.2) is 0 Å². The fraction of sp³-hybridized carbons (Fsp3) is 0.350. The molecule has 0 unspecified atom stereocenters. The normalized spacial score (nSPS) is 12.2. The van der Waals surface area contributed by atoms with Gasteiger partial charge in [-0.2, -0.15) is 0 Å². The molecule has 0 heterocycles. The number of hydrogen-bond donors (Lipinski definition) is 0. The minimum Gasteiger partial charge on any atom is -0.284 e. The minimum atomic E-state index is 0.0878. The van der Waals surface area contributed by atoms with Gasteiger partial charge in [-0.1, -0.05) is 81.4 Å². The van der Waals surface area contributed by atoms with E-state index in [9.17, 15) is 0 Å². The van der Waals surface area contributed by atoms with E-state index >= 15 is 0 Å². The van der Waals surface area contributed by atoms with Crippen molar-refractivity contribution >= 4 is 6.21 Å². The van der Waals surface area contributed by atoms with Crippen molar-refractivity contribution in [3.63, 3.8) is 0 Å². The summed E-state index contributed by atoms with van der Waals surface area (Å²) >= 11 is 0. The van der Waals surface area contributed by atoms with Crippen LogP contribution in [0.25, 0.3) is 0 Å². The molecule has 1 nitrogen and oxygen atoms in total. The third-order valence-corrected chi connectivity index (χ3v) is 4.38. The predicted octanol–water partition coefficient (Wildman–Crippen LogP) is 5.67. The Morgan fingerprint density at radius 2 is 1.29 bits per heavy atom. The highest BCUT2D eigenvalue weighted by atomic mass is 14.8. The van der Waals surface area contributed by atoms with E-state index in [1.165, 1.54) is 11.1 Å². The van der Waals surface area contributed by atoms with E-state index in [4.69, 9.17) is 4.99 Å². The Morgan fingerprint density at radius 1 is 0.857 bits per heavy atom. The summed E-state index contributed by atoms with van der Waals surface area (Å²) in [4.78, 5) is 4.95. The fourth-order valence-corrected chi connectivity index (χ4v) is 2.32. The Kier molecular flexibility index (Phi) is 5.32. The number of nitrogens with zero attached hydrogens (tertiary/aromatic N) is 1. The summed E-state index contributed by atoms with van der Waals surface area (Å²) in [6.45, 7) is 6.74. The SMILES string of the molecule is CCC(C)(/C=N/C(c1ccccc1)c1ccccc1)CC. The van der Waals surface area contributed by atoms with Crippen molar-refractivity contribution in [3.8, 4) is 0 Å². The van der Waals surface area contributed by atoms with Crippen LogP contribution in [0, 0.1) is 5.41 Å². The van der Waals surface area contributed by atoms with Gasteiger partial charge in [0.2, 0.25) is 0 Å². The third-order valence-electron chi connectivity index (χ3n) is 4.38. The van der Waals surface area contributed by atoms with Gasteiger partial charge in [-0.25, -0.2) is 0 Å². The summed E-state index contributed by atoms with van der Waals surface area (Å²) in [6, 6.07) is 21.2. The highest BCUT2D eigenvalue weighted by Gasteiger charge is 2.18.